The Hall–Kier alpha value is -1.59. The minimum absolute atomic E-state index is 0.0408. The Balaban J connectivity index is 2.63. The van der Waals surface area contributed by atoms with Gasteiger partial charge in [0.1, 0.15) is 5.75 Å². The molecule has 3 N–H and O–H groups in total. The lowest BCUT2D eigenvalue weighted by atomic mass is 10.0. The number of aryl methyl sites for hydroxylation is 1. The highest BCUT2D eigenvalue weighted by Gasteiger charge is 2.17. The average molecular weight is 308 g/mol. The Morgan fingerprint density at radius 1 is 1.32 bits per heavy atom. The third kappa shape index (κ3) is 6.03. The van der Waals surface area contributed by atoms with Crippen molar-refractivity contribution in [2.24, 2.45) is 11.7 Å². The van der Waals surface area contributed by atoms with E-state index in [0.29, 0.717) is 19.8 Å². The van der Waals surface area contributed by atoms with Gasteiger partial charge in [-0.3, -0.25) is 4.79 Å². The second-order valence-electron chi connectivity index (χ2n) is 5.67. The van der Waals surface area contributed by atoms with Gasteiger partial charge in [0.25, 0.3) is 0 Å². The van der Waals surface area contributed by atoms with Crippen LogP contribution in [-0.4, -0.2) is 32.3 Å². The fourth-order valence-electron chi connectivity index (χ4n) is 1.91. The molecule has 0 aliphatic heterocycles. The van der Waals surface area contributed by atoms with Crippen LogP contribution in [0.4, 0.5) is 0 Å². The molecule has 2 unspecified atom stereocenters. The molecule has 1 aromatic rings. The molecule has 0 saturated carbocycles. The molecule has 124 valence electrons. The van der Waals surface area contributed by atoms with Gasteiger partial charge < -0.3 is 20.5 Å². The number of nitrogens with two attached hydrogens (primary N) is 1. The lowest BCUT2D eigenvalue weighted by Gasteiger charge is -2.17. The Bertz CT molecular complexity index is 475. The average Bonchev–Trinajstić information content (AvgIpc) is 2.49. The number of carbonyl (C=O) groups is 1. The van der Waals surface area contributed by atoms with Crippen molar-refractivity contribution < 1.29 is 14.3 Å². The van der Waals surface area contributed by atoms with E-state index in [4.69, 9.17) is 15.2 Å². The van der Waals surface area contributed by atoms with E-state index < -0.39 is 0 Å². The summed E-state index contributed by atoms with van der Waals surface area (Å²) < 4.78 is 10.8. The Morgan fingerprint density at radius 3 is 2.68 bits per heavy atom. The molecule has 0 saturated heterocycles. The van der Waals surface area contributed by atoms with Crippen molar-refractivity contribution in [3.05, 3.63) is 29.3 Å². The molecule has 5 heteroatoms. The van der Waals surface area contributed by atoms with Gasteiger partial charge in [-0.15, -0.1) is 0 Å². The van der Waals surface area contributed by atoms with Crippen LogP contribution in [0.2, 0.25) is 0 Å². The van der Waals surface area contributed by atoms with Crippen LogP contribution < -0.4 is 15.8 Å². The number of methoxy groups -OCH3 is 1. The third-order valence-electron chi connectivity index (χ3n) is 3.63. The van der Waals surface area contributed by atoms with Crippen molar-refractivity contribution in [1.29, 1.82) is 0 Å². The van der Waals surface area contributed by atoms with Crippen LogP contribution in [0.3, 0.4) is 0 Å². The maximum absolute atomic E-state index is 12.0. The largest absolute Gasteiger partial charge is 0.493 e. The summed E-state index contributed by atoms with van der Waals surface area (Å²) >= 11 is 0. The lowest BCUT2D eigenvalue weighted by molar-refractivity contribution is -0.125. The van der Waals surface area contributed by atoms with E-state index in [1.165, 1.54) is 0 Å². The molecule has 0 spiro atoms. The molecule has 1 aromatic carbocycles. The number of amides is 1. The maximum atomic E-state index is 12.0. The first kappa shape index (κ1) is 18.5. The second-order valence-corrected chi connectivity index (χ2v) is 5.67. The molecule has 0 aliphatic carbocycles. The van der Waals surface area contributed by atoms with Crippen LogP contribution in [0.5, 0.6) is 5.75 Å². The Morgan fingerprint density at radius 2 is 2.05 bits per heavy atom. The minimum Gasteiger partial charge on any atom is -0.493 e. The number of rotatable bonds is 9. The van der Waals surface area contributed by atoms with E-state index in [2.05, 4.69) is 5.32 Å². The quantitative estimate of drug-likeness (QED) is 0.684. The molecule has 2 atom stereocenters. The highest BCUT2D eigenvalue weighted by Crippen LogP contribution is 2.20. The molecule has 0 aromatic heterocycles. The van der Waals surface area contributed by atoms with Gasteiger partial charge in [0.05, 0.1) is 6.61 Å². The van der Waals surface area contributed by atoms with E-state index in [9.17, 15) is 4.79 Å². The number of hydrogen-bond acceptors (Lipinski definition) is 4. The first-order valence-corrected chi connectivity index (χ1v) is 7.70. The molecular weight excluding hydrogens is 280 g/mol. The summed E-state index contributed by atoms with van der Waals surface area (Å²) in [5.41, 5.74) is 7.84. The summed E-state index contributed by atoms with van der Waals surface area (Å²) in [7, 11) is 1.67. The summed E-state index contributed by atoms with van der Waals surface area (Å²) in [6, 6.07) is 5.82. The zero-order valence-electron chi connectivity index (χ0n) is 14.0. The lowest BCUT2D eigenvalue weighted by Crippen LogP contribution is -2.38. The number of hydrogen-bond donors (Lipinski definition) is 2. The molecule has 0 fully saturated rings. The Labute approximate surface area is 133 Å². The zero-order chi connectivity index (χ0) is 16.5. The monoisotopic (exact) mass is 308 g/mol. The van der Waals surface area contributed by atoms with Crippen molar-refractivity contribution in [3.63, 3.8) is 0 Å². The number of benzene rings is 1. The van der Waals surface area contributed by atoms with Crippen molar-refractivity contribution in [3.8, 4) is 5.75 Å². The summed E-state index contributed by atoms with van der Waals surface area (Å²) in [4.78, 5) is 12.0. The van der Waals surface area contributed by atoms with E-state index in [1.54, 1.807) is 7.11 Å². The van der Waals surface area contributed by atoms with Gasteiger partial charge in [-0.25, -0.2) is 0 Å². The molecule has 1 amide bonds. The predicted octanol–water partition coefficient (Wildman–Crippen LogP) is 2.01. The summed E-state index contributed by atoms with van der Waals surface area (Å²) in [5, 5.41) is 2.92. The standard InChI is InChI=1S/C17H28N2O3/c1-12-6-7-15(11-19-17(20)13(2)14(3)18)16(10-12)22-9-5-8-21-4/h6-7,10,13-14H,5,8-9,11,18H2,1-4H3,(H,19,20). The van der Waals surface area contributed by atoms with Gasteiger partial charge in [0, 0.05) is 44.2 Å². The highest BCUT2D eigenvalue weighted by atomic mass is 16.5. The van der Waals surface area contributed by atoms with Crippen LogP contribution in [0.1, 0.15) is 31.4 Å². The predicted molar refractivity (Wildman–Crippen MR) is 87.8 cm³/mol. The normalized spacial score (nSPS) is 13.5. The topological polar surface area (TPSA) is 73.6 Å². The number of nitrogens with one attached hydrogen (secondary N) is 1. The molecule has 0 heterocycles. The molecule has 0 aliphatic rings. The van der Waals surface area contributed by atoms with E-state index >= 15 is 0 Å². The maximum Gasteiger partial charge on any atom is 0.224 e. The fraction of sp³-hybridized carbons (Fsp3) is 0.588. The van der Waals surface area contributed by atoms with Gasteiger partial charge in [0.2, 0.25) is 5.91 Å². The van der Waals surface area contributed by atoms with Gasteiger partial charge in [0.15, 0.2) is 0 Å². The van der Waals surface area contributed by atoms with Gasteiger partial charge in [-0.05, 0) is 25.5 Å². The van der Waals surface area contributed by atoms with Gasteiger partial charge >= 0.3 is 0 Å². The molecule has 1 rings (SSSR count). The molecule has 0 bridgehead atoms. The van der Waals surface area contributed by atoms with Crippen LogP contribution in [0.25, 0.3) is 0 Å². The van der Waals surface area contributed by atoms with Crippen molar-refractivity contribution in [2.45, 2.75) is 39.8 Å². The van der Waals surface area contributed by atoms with Crippen LogP contribution >= 0.6 is 0 Å². The zero-order valence-corrected chi connectivity index (χ0v) is 14.0. The molecule has 0 radical (unpaired) electrons. The molecule has 22 heavy (non-hydrogen) atoms. The number of carbonyl (C=O) groups excluding carboxylic acids is 1. The molecule has 5 nitrogen and oxygen atoms in total. The first-order valence-electron chi connectivity index (χ1n) is 7.70. The highest BCUT2D eigenvalue weighted by molar-refractivity contribution is 5.79. The van der Waals surface area contributed by atoms with Crippen molar-refractivity contribution in [1.82, 2.24) is 5.32 Å². The van der Waals surface area contributed by atoms with E-state index in [0.717, 1.165) is 23.3 Å². The van der Waals surface area contributed by atoms with E-state index in [-0.39, 0.29) is 17.9 Å². The summed E-state index contributed by atoms with van der Waals surface area (Å²) in [6.45, 7) is 7.38. The summed E-state index contributed by atoms with van der Waals surface area (Å²) in [6.07, 6.45) is 0.831. The summed E-state index contributed by atoms with van der Waals surface area (Å²) in [5.74, 6) is 0.558. The van der Waals surface area contributed by atoms with Gasteiger partial charge in [-0.2, -0.15) is 0 Å². The number of ether oxygens (including phenoxy) is 2. The van der Waals surface area contributed by atoms with Crippen molar-refractivity contribution in [2.75, 3.05) is 20.3 Å². The third-order valence-corrected chi connectivity index (χ3v) is 3.63. The minimum atomic E-state index is -0.212. The Kier molecular flexibility index (Phi) is 7.91. The van der Waals surface area contributed by atoms with Crippen LogP contribution in [0, 0.1) is 12.8 Å². The SMILES string of the molecule is COCCCOc1cc(C)ccc1CNC(=O)C(C)C(C)N. The first-order chi connectivity index (χ1) is 10.5. The fourth-order valence-corrected chi connectivity index (χ4v) is 1.91. The molecular formula is C17H28N2O3. The van der Waals surface area contributed by atoms with Gasteiger partial charge in [-0.1, -0.05) is 19.1 Å². The smallest absolute Gasteiger partial charge is 0.224 e. The van der Waals surface area contributed by atoms with Crippen LogP contribution in [0.15, 0.2) is 18.2 Å². The van der Waals surface area contributed by atoms with Crippen molar-refractivity contribution >= 4 is 5.91 Å². The van der Waals surface area contributed by atoms with E-state index in [1.807, 2.05) is 39.0 Å². The second kappa shape index (κ2) is 9.43. The van der Waals surface area contributed by atoms with Crippen LogP contribution in [-0.2, 0) is 16.1 Å².